The summed E-state index contributed by atoms with van der Waals surface area (Å²) in [5, 5.41) is 11.6. The molecule has 0 bridgehead atoms. The second-order valence-corrected chi connectivity index (χ2v) is 10.1. The average molecular weight is 486 g/mol. The standard InChI is InChI=1S/C26H35N3O4S/c1-6-7-8-9-16-33-20-12-10-19(11-13-20)22-21(23(30)25-17(2)27-18(3)34-25)24(31)26(32)29(22)15-14-28(4)5/h10-13,22,31H,6-9,14-16H2,1-5H3. The van der Waals surface area contributed by atoms with Crippen LogP contribution >= 0.6 is 11.3 Å². The van der Waals surface area contributed by atoms with Gasteiger partial charge in [-0.15, -0.1) is 11.3 Å². The number of hydrogen-bond donors (Lipinski definition) is 1. The third-order valence-corrected chi connectivity index (χ3v) is 6.98. The Morgan fingerprint density at radius 2 is 1.88 bits per heavy atom. The van der Waals surface area contributed by atoms with Crippen molar-refractivity contribution in [2.75, 3.05) is 33.8 Å². The van der Waals surface area contributed by atoms with Crippen LogP contribution in [0.4, 0.5) is 0 Å². The Balaban J connectivity index is 1.89. The van der Waals surface area contributed by atoms with E-state index in [0.717, 1.165) is 29.2 Å². The average Bonchev–Trinajstić information content (AvgIpc) is 3.27. The summed E-state index contributed by atoms with van der Waals surface area (Å²) in [7, 11) is 3.84. The molecule has 1 aliphatic heterocycles. The highest BCUT2D eigenvalue weighted by molar-refractivity contribution is 7.14. The van der Waals surface area contributed by atoms with Gasteiger partial charge in [0.25, 0.3) is 5.91 Å². The number of aliphatic hydroxyl groups excluding tert-OH is 1. The van der Waals surface area contributed by atoms with Crippen LogP contribution in [0.2, 0.25) is 0 Å². The first-order chi connectivity index (χ1) is 16.2. The third-order valence-electron chi connectivity index (χ3n) is 5.91. The van der Waals surface area contributed by atoms with E-state index in [9.17, 15) is 14.7 Å². The van der Waals surface area contributed by atoms with Gasteiger partial charge in [-0.25, -0.2) is 4.98 Å². The minimum atomic E-state index is -0.666. The number of ether oxygens (including phenoxy) is 1. The lowest BCUT2D eigenvalue weighted by molar-refractivity contribution is -0.129. The number of carbonyl (C=O) groups is 2. The van der Waals surface area contributed by atoms with Crippen LogP contribution in [0, 0.1) is 13.8 Å². The van der Waals surface area contributed by atoms with Crippen LogP contribution in [0.15, 0.2) is 35.6 Å². The van der Waals surface area contributed by atoms with E-state index in [1.807, 2.05) is 50.2 Å². The van der Waals surface area contributed by atoms with Gasteiger partial charge in [0.15, 0.2) is 5.76 Å². The van der Waals surface area contributed by atoms with Crippen molar-refractivity contribution in [3.63, 3.8) is 0 Å². The Morgan fingerprint density at radius 1 is 1.18 bits per heavy atom. The molecule has 1 atom stereocenters. The van der Waals surface area contributed by atoms with Crippen LogP contribution in [0.3, 0.4) is 0 Å². The van der Waals surface area contributed by atoms with Gasteiger partial charge in [-0.05, 0) is 52.1 Å². The van der Waals surface area contributed by atoms with Crippen LogP contribution in [-0.4, -0.2) is 65.4 Å². The number of aromatic nitrogens is 1. The second-order valence-electron chi connectivity index (χ2n) is 8.92. The van der Waals surface area contributed by atoms with Crippen LogP contribution in [0.1, 0.15) is 64.6 Å². The van der Waals surface area contributed by atoms with Crippen LogP contribution in [0.5, 0.6) is 5.75 Å². The van der Waals surface area contributed by atoms with Gasteiger partial charge in [-0.2, -0.15) is 0 Å². The number of nitrogens with zero attached hydrogens (tertiary/aromatic N) is 3. The lowest BCUT2D eigenvalue weighted by Gasteiger charge is -2.28. The molecule has 1 unspecified atom stereocenters. The van der Waals surface area contributed by atoms with E-state index >= 15 is 0 Å². The predicted molar refractivity (Wildman–Crippen MR) is 135 cm³/mol. The first kappa shape index (κ1) is 25.9. The highest BCUT2D eigenvalue weighted by Crippen LogP contribution is 2.40. The molecule has 3 rings (SSSR count). The molecule has 184 valence electrons. The van der Waals surface area contributed by atoms with Gasteiger partial charge in [0.2, 0.25) is 5.78 Å². The number of ketones is 1. The molecular weight excluding hydrogens is 450 g/mol. The minimum Gasteiger partial charge on any atom is -0.503 e. The van der Waals surface area contributed by atoms with Crippen molar-refractivity contribution < 1.29 is 19.4 Å². The molecule has 0 aliphatic carbocycles. The fourth-order valence-corrected chi connectivity index (χ4v) is 4.97. The van der Waals surface area contributed by atoms with Crippen molar-refractivity contribution >= 4 is 23.0 Å². The highest BCUT2D eigenvalue weighted by Gasteiger charge is 2.44. The van der Waals surface area contributed by atoms with Crippen molar-refractivity contribution in [1.82, 2.24) is 14.8 Å². The monoisotopic (exact) mass is 485 g/mol. The quantitative estimate of drug-likeness (QED) is 0.342. The molecule has 1 aromatic carbocycles. The van der Waals surface area contributed by atoms with Gasteiger partial charge in [-0.1, -0.05) is 38.3 Å². The molecule has 7 nitrogen and oxygen atoms in total. The van der Waals surface area contributed by atoms with Gasteiger partial charge in [0.05, 0.1) is 33.8 Å². The number of Topliss-reactive ketones (excluding diaryl/α,β-unsaturated/α-hetero) is 1. The Hall–Kier alpha value is -2.71. The molecule has 1 N–H and O–H groups in total. The Morgan fingerprint density at radius 3 is 2.47 bits per heavy atom. The summed E-state index contributed by atoms with van der Waals surface area (Å²) in [6.45, 7) is 7.44. The molecule has 2 aromatic rings. The molecule has 0 saturated carbocycles. The van der Waals surface area contributed by atoms with E-state index in [-0.39, 0.29) is 11.4 Å². The number of hydrogen-bond acceptors (Lipinski definition) is 7. The largest absolute Gasteiger partial charge is 0.503 e. The molecule has 1 amide bonds. The first-order valence-electron chi connectivity index (χ1n) is 11.8. The molecule has 8 heteroatoms. The van der Waals surface area contributed by atoms with Gasteiger partial charge in [0, 0.05) is 13.1 Å². The van der Waals surface area contributed by atoms with E-state index in [2.05, 4.69) is 11.9 Å². The first-order valence-corrected chi connectivity index (χ1v) is 12.7. The van der Waals surface area contributed by atoms with E-state index in [4.69, 9.17) is 4.74 Å². The maximum absolute atomic E-state index is 13.5. The zero-order chi connectivity index (χ0) is 24.8. The maximum atomic E-state index is 13.5. The van der Waals surface area contributed by atoms with Crippen molar-refractivity contribution in [2.45, 2.75) is 52.5 Å². The normalized spacial score (nSPS) is 16.1. The molecule has 0 saturated heterocycles. The minimum absolute atomic E-state index is 0.115. The number of amides is 1. The summed E-state index contributed by atoms with van der Waals surface area (Å²) < 4.78 is 5.86. The maximum Gasteiger partial charge on any atom is 0.290 e. The lowest BCUT2D eigenvalue weighted by atomic mass is 9.95. The number of thiazole rings is 1. The number of carbonyl (C=O) groups excluding carboxylic acids is 2. The molecule has 2 heterocycles. The summed E-state index contributed by atoms with van der Waals surface area (Å²) >= 11 is 1.28. The summed E-state index contributed by atoms with van der Waals surface area (Å²) in [5.74, 6) is -0.595. The molecule has 1 aliphatic rings. The van der Waals surface area contributed by atoms with Gasteiger partial charge >= 0.3 is 0 Å². The van der Waals surface area contributed by atoms with Crippen molar-refractivity contribution in [3.8, 4) is 5.75 Å². The smallest absolute Gasteiger partial charge is 0.290 e. The predicted octanol–water partition coefficient (Wildman–Crippen LogP) is 4.86. The Kier molecular flexibility index (Phi) is 8.85. The van der Waals surface area contributed by atoms with Crippen LogP contribution in [0.25, 0.3) is 0 Å². The zero-order valence-corrected chi connectivity index (χ0v) is 21.6. The highest BCUT2D eigenvalue weighted by atomic mass is 32.1. The fraction of sp³-hybridized carbons (Fsp3) is 0.500. The summed E-state index contributed by atoms with van der Waals surface area (Å²) in [5.41, 5.74) is 1.48. The molecule has 0 spiro atoms. The zero-order valence-electron chi connectivity index (χ0n) is 20.8. The second kappa shape index (κ2) is 11.6. The van der Waals surface area contributed by atoms with Crippen molar-refractivity contribution in [3.05, 3.63) is 56.7 Å². The molecule has 1 aromatic heterocycles. The Bertz CT molecular complexity index is 1040. The third kappa shape index (κ3) is 5.85. The van der Waals surface area contributed by atoms with E-state index in [1.54, 1.807) is 11.8 Å². The number of unbranched alkanes of at least 4 members (excludes halogenated alkanes) is 3. The summed E-state index contributed by atoms with van der Waals surface area (Å²) in [6.07, 6.45) is 4.53. The number of benzene rings is 1. The van der Waals surface area contributed by atoms with Crippen molar-refractivity contribution in [1.29, 1.82) is 0 Å². The van der Waals surface area contributed by atoms with Gasteiger partial charge in [-0.3, -0.25) is 9.59 Å². The number of aliphatic hydroxyl groups is 1. The van der Waals surface area contributed by atoms with Crippen molar-refractivity contribution in [2.24, 2.45) is 0 Å². The summed E-state index contributed by atoms with van der Waals surface area (Å²) in [4.78, 5) is 34.9. The van der Waals surface area contributed by atoms with E-state index in [1.165, 1.54) is 24.2 Å². The van der Waals surface area contributed by atoms with E-state index in [0.29, 0.717) is 30.3 Å². The Labute approximate surface area is 206 Å². The number of aryl methyl sites for hydroxylation is 2. The summed E-state index contributed by atoms with van der Waals surface area (Å²) in [6, 6.07) is 6.81. The number of rotatable bonds is 12. The molecule has 34 heavy (non-hydrogen) atoms. The lowest BCUT2D eigenvalue weighted by Crippen LogP contribution is -2.36. The van der Waals surface area contributed by atoms with Crippen LogP contribution in [-0.2, 0) is 4.79 Å². The van der Waals surface area contributed by atoms with E-state index < -0.39 is 17.7 Å². The number of likely N-dealkylation sites (N-methyl/N-ethyl adjacent to an activating group) is 1. The molecular formula is C26H35N3O4S. The topological polar surface area (TPSA) is 83.0 Å². The van der Waals surface area contributed by atoms with Crippen LogP contribution < -0.4 is 4.74 Å². The van der Waals surface area contributed by atoms with Gasteiger partial charge in [0.1, 0.15) is 5.75 Å². The van der Waals surface area contributed by atoms with Gasteiger partial charge < -0.3 is 19.6 Å². The SMILES string of the molecule is CCCCCCOc1ccc(C2C(C(=O)c3sc(C)nc3C)=C(O)C(=O)N2CCN(C)C)cc1. The molecule has 0 fully saturated rings. The molecule has 0 radical (unpaired) electrons. The fourth-order valence-electron chi connectivity index (χ4n) is 4.10.